The Morgan fingerprint density at radius 1 is 0.800 bits per heavy atom. The van der Waals surface area contributed by atoms with Crippen molar-refractivity contribution in [3.63, 3.8) is 0 Å². The van der Waals surface area contributed by atoms with Gasteiger partial charge in [-0.15, -0.1) is 0 Å². The van der Waals surface area contributed by atoms with Gasteiger partial charge in [-0.1, -0.05) is 0 Å². The number of hydrogen-bond acceptors (Lipinski definition) is 4. The molecular formula is C6H10O4. The summed E-state index contributed by atoms with van der Waals surface area (Å²) < 4.78 is 0. The lowest BCUT2D eigenvalue weighted by Gasteiger charge is -2.11. The Kier molecular flexibility index (Phi) is 1.12. The zero-order chi connectivity index (χ0) is 7.24. The summed E-state index contributed by atoms with van der Waals surface area (Å²) in [7, 11) is 0. The summed E-state index contributed by atoms with van der Waals surface area (Å²) in [5, 5.41) is 18.1. The molecule has 0 aromatic heterocycles. The third-order valence-electron chi connectivity index (χ3n) is 1.71. The smallest absolute Gasteiger partial charge is 0.199 e. The van der Waals surface area contributed by atoms with Crippen LogP contribution in [-0.4, -0.2) is 21.8 Å². The molecule has 0 aromatic rings. The van der Waals surface area contributed by atoms with E-state index in [0.29, 0.717) is 25.7 Å². The molecule has 4 nitrogen and oxygen atoms in total. The minimum Gasteiger partial charge on any atom is -0.363 e. The molecule has 0 heterocycles. The van der Waals surface area contributed by atoms with Gasteiger partial charge >= 0.3 is 0 Å². The van der Waals surface area contributed by atoms with Crippen LogP contribution in [-0.2, 0) is 9.78 Å². The van der Waals surface area contributed by atoms with E-state index in [2.05, 4.69) is 9.78 Å². The molecule has 2 rings (SSSR count). The van der Waals surface area contributed by atoms with Gasteiger partial charge in [0.05, 0.1) is 0 Å². The summed E-state index contributed by atoms with van der Waals surface area (Å²) >= 11 is 0. The van der Waals surface area contributed by atoms with Crippen LogP contribution in [0.2, 0.25) is 0 Å². The molecule has 0 aromatic carbocycles. The lowest BCUT2D eigenvalue weighted by atomic mass is 10.7. The first-order valence-electron chi connectivity index (χ1n) is 3.44. The third kappa shape index (κ3) is 1.29. The highest BCUT2D eigenvalue weighted by atomic mass is 17.3. The standard InChI is InChI=1S/C6H10O4/c7-5(1-2-5)9-10-6(8)3-4-6/h7-8H,1-4H2. The van der Waals surface area contributed by atoms with Crippen molar-refractivity contribution < 1.29 is 20.0 Å². The van der Waals surface area contributed by atoms with E-state index in [1.807, 2.05) is 0 Å². The van der Waals surface area contributed by atoms with Crippen LogP contribution in [0.1, 0.15) is 25.7 Å². The second kappa shape index (κ2) is 1.71. The molecular weight excluding hydrogens is 136 g/mol. The highest BCUT2D eigenvalue weighted by Crippen LogP contribution is 2.42. The molecule has 0 amide bonds. The van der Waals surface area contributed by atoms with E-state index in [9.17, 15) is 0 Å². The molecule has 58 valence electrons. The molecule has 0 saturated heterocycles. The molecule has 0 spiro atoms. The maximum atomic E-state index is 9.06. The van der Waals surface area contributed by atoms with Gasteiger partial charge in [0, 0.05) is 25.7 Å². The van der Waals surface area contributed by atoms with E-state index in [1.165, 1.54) is 0 Å². The molecule has 2 N–H and O–H groups in total. The Morgan fingerprint density at radius 2 is 1.10 bits per heavy atom. The van der Waals surface area contributed by atoms with Crippen molar-refractivity contribution in [3.8, 4) is 0 Å². The van der Waals surface area contributed by atoms with Crippen molar-refractivity contribution in [1.29, 1.82) is 0 Å². The average Bonchev–Trinajstić information content (AvgIpc) is 2.72. The highest BCUT2D eigenvalue weighted by Gasteiger charge is 2.50. The number of hydrogen-bond donors (Lipinski definition) is 2. The second-order valence-electron chi connectivity index (χ2n) is 3.06. The fourth-order valence-corrected chi connectivity index (χ4v) is 0.536. The topological polar surface area (TPSA) is 58.9 Å². The Hall–Kier alpha value is -0.160. The van der Waals surface area contributed by atoms with Crippen LogP contribution in [0, 0.1) is 0 Å². The van der Waals surface area contributed by atoms with Crippen molar-refractivity contribution in [3.05, 3.63) is 0 Å². The maximum absolute atomic E-state index is 9.06. The fourth-order valence-electron chi connectivity index (χ4n) is 0.536. The quantitative estimate of drug-likeness (QED) is 0.331. The van der Waals surface area contributed by atoms with Gasteiger partial charge in [-0.2, -0.15) is 9.78 Å². The second-order valence-corrected chi connectivity index (χ2v) is 3.06. The van der Waals surface area contributed by atoms with E-state index in [0.717, 1.165) is 0 Å². The SMILES string of the molecule is OC1(OOC2(O)CC2)CC1. The van der Waals surface area contributed by atoms with E-state index >= 15 is 0 Å². The molecule has 2 aliphatic rings. The summed E-state index contributed by atoms with van der Waals surface area (Å²) in [6.45, 7) is 0. The van der Waals surface area contributed by atoms with E-state index in [-0.39, 0.29) is 0 Å². The van der Waals surface area contributed by atoms with Crippen LogP contribution in [0.25, 0.3) is 0 Å². The summed E-state index contributed by atoms with van der Waals surface area (Å²) in [5.41, 5.74) is 0. The van der Waals surface area contributed by atoms with E-state index in [1.54, 1.807) is 0 Å². The zero-order valence-corrected chi connectivity index (χ0v) is 5.54. The molecule has 2 saturated carbocycles. The Bertz CT molecular complexity index is 130. The summed E-state index contributed by atoms with van der Waals surface area (Å²) in [5.74, 6) is -2.17. The first-order chi connectivity index (χ1) is 4.62. The van der Waals surface area contributed by atoms with Gasteiger partial charge in [-0.25, -0.2) is 0 Å². The van der Waals surface area contributed by atoms with Crippen molar-refractivity contribution in [2.75, 3.05) is 0 Å². The van der Waals surface area contributed by atoms with E-state index in [4.69, 9.17) is 10.2 Å². The Morgan fingerprint density at radius 3 is 1.30 bits per heavy atom. The Labute approximate surface area is 58.3 Å². The van der Waals surface area contributed by atoms with Crippen molar-refractivity contribution in [2.45, 2.75) is 37.3 Å². The van der Waals surface area contributed by atoms with Crippen LogP contribution in [0.15, 0.2) is 0 Å². The van der Waals surface area contributed by atoms with Gasteiger partial charge in [0.1, 0.15) is 0 Å². The molecule has 10 heavy (non-hydrogen) atoms. The highest BCUT2D eigenvalue weighted by molar-refractivity contribution is 4.84. The molecule has 0 radical (unpaired) electrons. The van der Waals surface area contributed by atoms with Crippen LogP contribution < -0.4 is 0 Å². The first kappa shape index (κ1) is 6.54. The molecule has 4 heteroatoms. The summed E-state index contributed by atoms with van der Waals surface area (Å²) in [4.78, 5) is 9.15. The molecule has 2 fully saturated rings. The molecule has 0 unspecified atom stereocenters. The maximum Gasteiger partial charge on any atom is 0.199 e. The van der Waals surface area contributed by atoms with Crippen LogP contribution in [0.3, 0.4) is 0 Å². The monoisotopic (exact) mass is 146 g/mol. The predicted octanol–water partition coefficient (Wildman–Crippen LogP) is -0.101. The van der Waals surface area contributed by atoms with Crippen molar-refractivity contribution in [1.82, 2.24) is 0 Å². The van der Waals surface area contributed by atoms with Crippen molar-refractivity contribution in [2.24, 2.45) is 0 Å². The molecule has 0 atom stereocenters. The summed E-state index contributed by atoms with van der Waals surface area (Å²) in [6, 6.07) is 0. The predicted molar refractivity (Wildman–Crippen MR) is 30.5 cm³/mol. The number of rotatable bonds is 3. The summed E-state index contributed by atoms with van der Waals surface area (Å²) in [6.07, 6.45) is 2.40. The van der Waals surface area contributed by atoms with Gasteiger partial charge in [-0.05, 0) is 0 Å². The van der Waals surface area contributed by atoms with Crippen LogP contribution in [0.4, 0.5) is 0 Å². The molecule has 0 aliphatic heterocycles. The molecule has 0 bridgehead atoms. The Balaban J connectivity index is 1.72. The van der Waals surface area contributed by atoms with Crippen LogP contribution >= 0.6 is 0 Å². The van der Waals surface area contributed by atoms with Gasteiger partial charge in [0.2, 0.25) is 0 Å². The largest absolute Gasteiger partial charge is 0.363 e. The third-order valence-corrected chi connectivity index (χ3v) is 1.71. The minimum absolute atomic E-state index is 0.600. The van der Waals surface area contributed by atoms with Crippen molar-refractivity contribution >= 4 is 0 Å². The zero-order valence-electron chi connectivity index (χ0n) is 5.54. The van der Waals surface area contributed by atoms with Gasteiger partial charge in [-0.3, -0.25) is 0 Å². The minimum atomic E-state index is -1.08. The normalized spacial score (nSPS) is 31.8. The lowest BCUT2D eigenvalue weighted by Crippen LogP contribution is -2.20. The number of aliphatic hydroxyl groups is 2. The lowest BCUT2D eigenvalue weighted by molar-refractivity contribution is -0.445. The van der Waals surface area contributed by atoms with E-state index < -0.39 is 11.6 Å². The fraction of sp³-hybridized carbons (Fsp3) is 1.00. The van der Waals surface area contributed by atoms with Gasteiger partial charge in [0.15, 0.2) is 11.6 Å². The molecule has 2 aliphatic carbocycles. The van der Waals surface area contributed by atoms with Gasteiger partial charge < -0.3 is 10.2 Å². The average molecular weight is 146 g/mol. The van der Waals surface area contributed by atoms with Crippen LogP contribution in [0.5, 0.6) is 0 Å². The van der Waals surface area contributed by atoms with Gasteiger partial charge in [0.25, 0.3) is 0 Å². The first-order valence-corrected chi connectivity index (χ1v) is 3.44.